The van der Waals surface area contributed by atoms with E-state index in [-0.39, 0.29) is 6.61 Å². The maximum absolute atomic E-state index is 9.78. The van der Waals surface area contributed by atoms with E-state index < -0.39 is 30.7 Å². The molecule has 0 spiro atoms. The van der Waals surface area contributed by atoms with Crippen LogP contribution in [0.3, 0.4) is 0 Å². The van der Waals surface area contributed by atoms with Crippen molar-refractivity contribution in [1.82, 2.24) is 0 Å². The van der Waals surface area contributed by atoms with E-state index in [1.165, 1.54) is 51.4 Å². The van der Waals surface area contributed by atoms with E-state index in [9.17, 15) is 20.4 Å². The average Bonchev–Trinajstić information content (AvgIpc) is 2.58. The van der Waals surface area contributed by atoms with Gasteiger partial charge in [0.2, 0.25) is 0 Å². The molecule has 1 fully saturated rings. The molecule has 4 N–H and O–H groups in total. The number of rotatable bonds is 13. The molecule has 0 radical (unpaired) electrons. The molecule has 0 saturated carbocycles. The Kier molecular flexibility index (Phi) is 11.8. The molecule has 24 heavy (non-hydrogen) atoms. The first-order chi connectivity index (χ1) is 11.6. The predicted octanol–water partition coefficient (Wildman–Crippen LogP) is 1.72. The highest BCUT2D eigenvalue weighted by Gasteiger charge is 2.42. The number of aliphatic hydroxyl groups excluding tert-OH is 4. The molecule has 6 nitrogen and oxygen atoms in total. The first-order valence-corrected chi connectivity index (χ1v) is 9.53. The molecule has 1 saturated heterocycles. The van der Waals surface area contributed by atoms with E-state index in [0.29, 0.717) is 6.61 Å². The second-order valence-electron chi connectivity index (χ2n) is 6.79. The number of aliphatic hydroxyl groups is 4. The molecule has 0 aliphatic carbocycles. The fraction of sp³-hybridized carbons (Fsp3) is 1.00. The summed E-state index contributed by atoms with van der Waals surface area (Å²) in [5.74, 6) is 0. The molecule has 144 valence electrons. The number of hydrogen-bond acceptors (Lipinski definition) is 6. The van der Waals surface area contributed by atoms with Crippen LogP contribution < -0.4 is 0 Å². The van der Waals surface area contributed by atoms with Crippen LogP contribution >= 0.6 is 0 Å². The molecule has 0 amide bonds. The zero-order valence-electron chi connectivity index (χ0n) is 15.0. The van der Waals surface area contributed by atoms with Gasteiger partial charge in [0.25, 0.3) is 0 Å². The van der Waals surface area contributed by atoms with Gasteiger partial charge >= 0.3 is 0 Å². The zero-order valence-corrected chi connectivity index (χ0v) is 15.0. The molecule has 0 aromatic rings. The van der Waals surface area contributed by atoms with Crippen LogP contribution in [-0.2, 0) is 9.47 Å². The summed E-state index contributed by atoms with van der Waals surface area (Å²) >= 11 is 0. The van der Waals surface area contributed by atoms with Crippen LogP contribution in [0.15, 0.2) is 0 Å². The van der Waals surface area contributed by atoms with Crippen LogP contribution in [0.2, 0.25) is 0 Å². The minimum atomic E-state index is -1.49. The SMILES string of the molecule is CCCCCCCCCCCCOC[C@H]1O[C@H](O)[C@@H](O)[C@@H](O)[C@@H]1O. The van der Waals surface area contributed by atoms with E-state index in [1.807, 2.05) is 0 Å². The lowest BCUT2D eigenvalue weighted by Crippen LogP contribution is -2.58. The van der Waals surface area contributed by atoms with Crippen LogP contribution in [0.25, 0.3) is 0 Å². The van der Waals surface area contributed by atoms with Crippen molar-refractivity contribution in [3.8, 4) is 0 Å². The lowest BCUT2D eigenvalue weighted by molar-refractivity contribution is -0.288. The smallest absolute Gasteiger partial charge is 0.184 e. The lowest BCUT2D eigenvalue weighted by atomic mass is 9.99. The van der Waals surface area contributed by atoms with Crippen LogP contribution in [0, 0.1) is 0 Å². The van der Waals surface area contributed by atoms with Gasteiger partial charge < -0.3 is 29.9 Å². The molecule has 1 rings (SSSR count). The molecular formula is C18H36O6. The topological polar surface area (TPSA) is 99.4 Å². The fourth-order valence-corrected chi connectivity index (χ4v) is 2.96. The summed E-state index contributed by atoms with van der Waals surface area (Å²) in [6, 6.07) is 0. The van der Waals surface area contributed by atoms with E-state index in [0.717, 1.165) is 12.8 Å². The highest BCUT2D eigenvalue weighted by molar-refractivity contribution is 4.88. The van der Waals surface area contributed by atoms with Crippen LogP contribution in [0.1, 0.15) is 71.1 Å². The molecule has 6 heteroatoms. The molecule has 1 aliphatic heterocycles. The Balaban J connectivity index is 1.93. The Labute approximate surface area is 145 Å². The minimum Gasteiger partial charge on any atom is -0.387 e. The maximum Gasteiger partial charge on any atom is 0.184 e. The average molecular weight is 348 g/mol. The Morgan fingerprint density at radius 2 is 1.25 bits per heavy atom. The summed E-state index contributed by atoms with van der Waals surface area (Å²) in [4.78, 5) is 0. The monoisotopic (exact) mass is 348 g/mol. The summed E-state index contributed by atoms with van der Waals surface area (Å²) in [6.07, 6.45) is 6.09. The van der Waals surface area contributed by atoms with Gasteiger partial charge in [0, 0.05) is 6.61 Å². The van der Waals surface area contributed by atoms with Crippen molar-refractivity contribution in [3.63, 3.8) is 0 Å². The van der Waals surface area contributed by atoms with E-state index >= 15 is 0 Å². The quantitative estimate of drug-likeness (QED) is 0.378. The lowest BCUT2D eigenvalue weighted by Gasteiger charge is -2.38. The summed E-state index contributed by atoms with van der Waals surface area (Å²) < 4.78 is 10.5. The van der Waals surface area contributed by atoms with Gasteiger partial charge in [-0.2, -0.15) is 0 Å². The van der Waals surface area contributed by atoms with Gasteiger partial charge in [-0.25, -0.2) is 0 Å². The molecule has 0 aromatic heterocycles. The molecule has 0 aromatic carbocycles. The van der Waals surface area contributed by atoms with Gasteiger partial charge in [-0.05, 0) is 6.42 Å². The fourth-order valence-electron chi connectivity index (χ4n) is 2.96. The van der Waals surface area contributed by atoms with E-state index in [4.69, 9.17) is 9.47 Å². The second kappa shape index (κ2) is 13.0. The normalized spacial score (nSPS) is 30.6. The largest absolute Gasteiger partial charge is 0.387 e. The van der Waals surface area contributed by atoms with Gasteiger partial charge in [-0.3, -0.25) is 0 Å². The standard InChI is InChI=1S/C18H36O6/c1-2-3-4-5-6-7-8-9-10-11-12-23-13-14-15(19)16(20)17(21)18(22)24-14/h14-22H,2-13H2,1H3/t14-,15-,16+,17+,18+/m1/s1. The highest BCUT2D eigenvalue weighted by atomic mass is 16.6. The molecular weight excluding hydrogens is 312 g/mol. The Morgan fingerprint density at radius 3 is 1.83 bits per heavy atom. The predicted molar refractivity (Wildman–Crippen MR) is 91.6 cm³/mol. The van der Waals surface area contributed by atoms with Crippen molar-refractivity contribution in [2.45, 2.75) is 102 Å². The summed E-state index contributed by atoms with van der Waals surface area (Å²) in [7, 11) is 0. The van der Waals surface area contributed by atoms with Gasteiger partial charge in [0.15, 0.2) is 6.29 Å². The highest BCUT2D eigenvalue weighted by Crippen LogP contribution is 2.20. The van der Waals surface area contributed by atoms with Crippen LogP contribution in [-0.4, -0.2) is 64.3 Å². The third-order valence-corrected chi connectivity index (χ3v) is 4.61. The Morgan fingerprint density at radius 1 is 0.708 bits per heavy atom. The van der Waals surface area contributed by atoms with Crippen molar-refractivity contribution in [2.75, 3.05) is 13.2 Å². The first-order valence-electron chi connectivity index (χ1n) is 9.53. The van der Waals surface area contributed by atoms with Crippen molar-refractivity contribution in [1.29, 1.82) is 0 Å². The van der Waals surface area contributed by atoms with Crippen LogP contribution in [0.4, 0.5) is 0 Å². The summed E-state index contributed by atoms with van der Waals surface area (Å²) in [5, 5.41) is 38.2. The van der Waals surface area contributed by atoms with Crippen molar-refractivity contribution >= 4 is 0 Å². The molecule has 0 unspecified atom stereocenters. The maximum atomic E-state index is 9.78. The molecule has 1 aliphatic rings. The third kappa shape index (κ3) is 8.23. The van der Waals surface area contributed by atoms with Gasteiger partial charge in [0.05, 0.1) is 6.61 Å². The van der Waals surface area contributed by atoms with E-state index in [1.54, 1.807) is 0 Å². The Hall–Kier alpha value is -0.240. The van der Waals surface area contributed by atoms with Gasteiger partial charge in [-0.15, -0.1) is 0 Å². The van der Waals surface area contributed by atoms with Crippen molar-refractivity contribution < 1.29 is 29.9 Å². The third-order valence-electron chi connectivity index (χ3n) is 4.61. The zero-order chi connectivity index (χ0) is 17.8. The number of unbranched alkanes of at least 4 members (excludes halogenated alkanes) is 9. The summed E-state index contributed by atoms with van der Waals surface area (Å²) in [6.45, 7) is 2.90. The molecule has 1 heterocycles. The Bertz CT molecular complexity index is 301. The molecule has 5 atom stereocenters. The van der Waals surface area contributed by atoms with Gasteiger partial charge in [0.1, 0.15) is 24.4 Å². The van der Waals surface area contributed by atoms with Crippen molar-refractivity contribution in [2.24, 2.45) is 0 Å². The molecule has 0 bridgehead atoms. The number of ether oxygens (including phenoxy) is 2. The van der Waals surface area contributed by atoms with Crippen molar-refractivity contribution in [3.05, 3.63) is 0 Å². The van der Waals surface area contributed by atoms with Gasteiger partial charge in [-0.1, -0.05) is 64.7 Å². The van der Waals surface area contributed by atoms with Crippen LogP contribution in [0.5, 0.6) is 0 Å². The minimum absolute atomic E-state index is 0.0967. The first kappa shape index (κ1) is 21.8. The second-order valence-corrected chi connectivity index (χ2v) is 6.79. The summed E-state index contributed by atoms with van der Waals surface area (Å²) in [5.41, 5.74) is 0. The van der Waals surface area contributed by atoms with E-state index in [2.05, 4.69) is 6.92 Å². The number of hydrogen-bond donors (Lipinski definition) is 4.